The molecule has 0 unspecified atom stereocenters. The van der Waals surface area contributed by atoms with Gasteiger partial charge < -0.3 is 10.1 Å². The molecule has 1 heterocycles. The van der Waals surface area contributed by atoms with Crippen LogP contribution in [0.25, 0.3) is 0 Å². The van der Waals surface area contributed by atoms with Crippen LogP contribution in [-0.4, -0.2) is 24.7 Å². The summed E-state index contributed by atoms with van der Waals surface area (Å²) < 4.78 is 5.53. The third kappa shape index (κ3) is 4.28. The van der Waals surface area contributed by atoms with Crippen LogP contribution in [0.5, 0.6) is 0 Å². The lowest BCUT2D eigenvalue weighted by Crippen LogP contribution is -2.19. The molecular weight excluding hydrogens is 208 g/mol. The van der Waals surface area contributed by atoms with Gasteiger partial charge in [-0.2, -0.15) is 0 Å². The lowest BCUT2D eigenvalue weighted by atomic mass is 10.5. The summed E-state index contributed by atoms with van der Waals surface area (Å²) >= 11 is 1.75. The van der Waals surface area contributed by atoms with Crippen molar-refractivity contribution in [2.45, 2.75) is 26.3 Å². The molecule has 15 heavy (non-hydrogen) atoms. The fraction of sp³-hybridized carbons (Fsp3) is 0.727. The number of hydrogen-bond acceptors (Lipinski definition) is 4. The molecule has 1 saturated carbocycles. The molecule has 1 aromatic rings. The maximum atomic E-state index is 5.53. The van der Waals surface area contributed by atoms with Crippen molar-refractivity contribution in [2.24, 2.45) is 5.92 Å². The SMILES string of the molecule is Cc1ncc(CNCCOCC2CC2)s1. The summed E-state index contributed by atoms with van der Waals surface area (Å²) in [6.07, 6.45) is 4.68. The maximum absolute atomic E-state index is 5.53. The highest BCUT2D eigenvalue weighted by molar-refractivity contribution is 7.11. The van der Waals surface area contributed by atoms with Crippen molar-refractivity contribution in [2.75, 3.05) is 19.8 Å². The van der Waals surface area contributed by atoms with Gasteiger partial charge >= 0.3 is 0 Å². The molecule has 1 N–H and O–H groups in total. The van der Waals surface area contributed by atoms with Gasteiger partial charge in [0.1, 0.15) is 0 Å². The van der Waals surface area contributed by atoms with E-state index in [-0.39, 0.29) is 0 Å². The zero-order chi connectivity index (χ0) is 10.5. The zero-order valence-corrected chi connectivity index (χ0v) is 9.98. The molecule has 0 bridgehead atoms. The third-order valence-corrected chi connectivity index (χ3v) is 3.35. The summed E-state index contributed by atoms with van der Waals surface area (Å²) in [7, 11) is 0. The Labute approximate surface area is 94.9 Å². The van der Waals surface area contributed by atoms with Gasteiger partial charge in [-0.15, -0.1) is 11.3 Å². The molecule has 2 rings (SSSR count). The standard InChI is InChI=1S/C11H18N2OS/c1-9-13-7-11(15-9)6-12-4-5-14-8-10-2-3-10/h7,10,12H,2-6,8H2,1H3. The average molecular weight is 226 g/mol. The van der Waals surface area contributed by atoms with Crippen LogP contribution in [0.1, 0.15) is 22.7 Å². The van der Waals surface area contributed by atoms with E-state index in [1.165, 1.54) is 17.7 Å². The van der Waals surface area contributed by atoms with Crippen LogP contribution in [-0.2, 0) is 11.3 Å². The Morgan fingerprint density at radius 1 is 1.60 bits per heavy atom. The summed E-state index contributed by atoms with van der Waals surface area (Å²) in [5, 5.41) is 4.49. The first-order valence-corrected chi connectivity index (χ1v) is 6.36. The van der Waals surface area contributed by atoms with Crippen LogP contribution >= 0.6 is 11.3 Å². The smallest absolute Gasteiger partial charge is 0.0897 e. The molecule has 1 aliphatic rings. The fourth-order valence-electron chi connectivity index (χ4n) is 1.38. The van der Waals surface area contributed by atoms with Gasteiger partial charge in [0.25, 0.3) is 0 Å². The first-order valence-electron chi connectivity index (χ1n) is 5.54. The van der Waals surface area contributed by atoms with Crippen molar-refractivity contribution in [1.29, 1.82) is 0 Å². The van der Waals surface area contributed by atoms with E-state index >= 15 is 0 Å². The molecule has 0 aliphatic heterocycles. The Morgan fingerprint density at radius 3 is 3.13 bits per heavy atom. The van der Waals surface area contributed by atoms with Crippen LogP contribution in [0.3, 0.4) is 0 Å². The minimum Gasteiger partial charge on any atom is -0.380 e. The van der Waals surface area contributed by atoms with Gasteiger partial charge in [-0.05, 0) is 25.7 Å². The van der Waals surface area contributed by atoms with E-state index in [4.69, 9.17) is 4.74 Å². The second-order valence-corrected chi connectivity index (χ2v) is 5.36. The number of rotatable bonds is 7. The second-order valence-electron chi connectivity index (χ2n) is 4.04. The number of nitrogens with zero attached hydrogens (tertiary/aromatic N) is 1. The first-order chi connectivity index (χ1) is 7.34. The molecule has 0 aromatic carbocycles. The minimum absolute atomic E-state index is 0.828. The predicted octanol–water partition coefficient (Wildman–Crippen LogP) is 1.97. The Bertz CT molecular complexity index is 297. The Kier molecular flexibility index (Phi) is 4.11. The van der Waals surface area contributed by atoms with E-state index < -0.39 is 0 Å². The number of aromatic nitrogens is 1. The minimum atomic E-state index is 0.828. The number of thiazole rings is 1. The molecule has 84 valence electrons. The summed E-state index contributed by atoms with van der Waals surface area (Å²) in [6.45, 7) is 5.67. The van der Waals surface area contributed by atoms with E-state index in [9.17, 15) is 0 Å². The zero-order valence-electron chi connectivity index (χ0n) is 9.16. The van der Waals surface area contributed by atoms with Gasteiger partial charge in [0.05, 0.1) is 11.6 Å². The Balaban J connectivity index is 1.47. The number of aryl methyl sites for hydroxylation is 1. The average Bonchev–Trinajstić information content (AvgIpc) is 2.95. The van der Waals surface area contributed by atoms with Gasteiger partial charge in [-0.1, -0.05) is 0 Å². The molecule has 1 aliphatic carbocycles. The highest BCUT2D eigenvalue weighted by Gasteiger charge is 2.20. The molecule has 1 aromatic heterocycles. The number of hydrogen-bond donors (Lipinski definition) is 1. The molecule has 1 fully saturated rings. The van der Waals surface area contributed by atoms with Crippen LogP contribution in [0.4, 0.5) is 0 Å². The van der Waals surface area contributed by atoms with Crippen molar-refractivity contribution in [3.05, 3.63) is 16.1 Å². The van der Waals surface area contributed by atoms with Crippen LogP contribution in [0, 0.1) is 12.8 Å². The van der Waals surface area contributed by atoms with Crippen LogP contribution in [0.15, 0.2) is 6.20 Å². The molecule has 0 amide bonds. The Hall–Kier alpha value is -0.450. The normalized spacial score (nSPS) is 15.8. The van der Waals surface area contributed by atoms with E-state index in [0.29, 0.717) is 0 Å². The highest BCUT2D eigenvalue weighted by atomic mass is 32.1. The van der Waals surface area contributed by atoms with Gasteiger partial charge in [0, 0.05) is 30.8 Å². The van der Waals surface area contributed by atoms with Gasteiger partial charge in [-0.3, -0.25) is 0 Å². The third-order valence-electron chi connectivity index (χ3n) is 2.44. The lowest BCUT2D eigenvalue weighted by Gasteiger charge is -2.03. The number of nitrogens with one attached hydrogen (secondary N) is 1. The van der Waals surface area contributed by atoms with Crippen molar-refractivity contribution in [1.82, 2.24) is 10.3 Å². The first kappa shape index (κ1) is 11.0. The lowest BCUT2D eigenvalue weighted by molar-refractivity contribution is 0.126. The summed E-state index contributed by atoms with van der Waals surface area (Å²) in [5.41, 5.74) is 0. The monoisotopic (exact) mass is 226 g/mol. The molecule has 0 atom stereocenters. The summed E-state index contributed by atoms with van der Waals surface area (Å²) in [4.78, 5) is 5.51. The molecule has 0 spiro atoms. The maximum Gasteiger partial charge on any atom is 0.0897 e. The summed E-state index contributed by atoms with van der Waals surface area (Å²) in [6, 6.07) is 0. The Morgan fingerprint density at radius 2 is 2.47 bits per heavy atom. The molecule has 3 nitrogen and oxygen atoms in total. The van der Waals surface area contributed by atoms with Crippen molar-refractivity contribution < 1.29 is 4.74 Å². The summed E-state index contributed by atoms with van der Waals surface area (Å²) in [5.74, 6) is 0.870. The molecule has 4 heteroatoms. The highest BCUT2D eigenvalue weighted by Crippen LogP contribution is 2.28. The van der Waals surface area contributed by atoms with Crippen molar-refractivity contribution in [3.63, 3.8) is 0 Å². The number of ether oxygens (including phenoxy) is 1. The van der Waals surface area contributed by atoms with Gasteiger partial charge in [0.2, 0.25) is 0 Å². The van der Waals surface area contributed by atoms with E-state index in [1.807, 2.05) is 13.1 Å². The van der Waals surface area contributed by atoms with Crippen LogP contribution in [0.2, 0.25) is 0 Å². The van der Waals surface area contributed by atoms with Crippen molar-refractivity contribution in [3.8, 4) is 0 Å². The quantitative estimate of drug-likeness (QED) is 0.722. The van der Waals surface area contributed by atoms with E-state index in [2.05, 4.69) is 10.3 Å². The molecular formula is C11H18N2OS. The molecule has 0 radical (unpaired) electrons. The second kappa shape index (κ2) is 5.58. The fourth-order valence-corrected chi connectivity index (χ4v) is 2.14. The molecule has 0 saturated heterocycles. The van der Waals surface area contributed by atoms with Crippen molar-refractivity contribution >= 4 is 11.3 Å². The van der Waals surface area contributed by atoms with Gasteiger partial charge in [-0.25, -0.2) is 4.98 Å². The topological polar surface area (TPSA) is 34.2 Å². The van der Waals surface area contributed by atoms with E-state index in [1.54, 1.807) is 11.3 Å². The largest absolute Gasteiger partial charge is 0.380 e. The van der Waals surface area contributed by atoms with Crippen LogP contribution < -0.4 is 5.32 Å². The predicted molar refractivity (Wildman–Crippen MR) is 62.1 cm³/mol. The van der Waals surface area contributed by atoms with Gasteiger partial charge in [0.15, 0.2) is 0 Å². The van der Waals surface area contributed by atoms with E-state index in [0.717, 1.165) is 37.2 Å².